The number of fused-ring (bicyclic) bond motifs is 2. The number of aryl methyl sites for hydroxylation is 1. The lowest BCUT2D eigenvalue weighted by Gasteiger charge is -2.29. The molecule has 2 heterocycles. The van der Waals surface area contributed by atoms with Gasteiger partial charge in [0.25, 0.3) is 0 Å². The van der Waals surface area contributed by atoms with E-state index in [9.17, 15) is 9.59 Å². The van der Waals surface area contributed by atoms with E-state index in [2.05, 4.69) is 17.4 Å². The summed E-state index contributed by atoms with van der Waals surface area (Å²) < 4.78 is 8.17. The van der Waals surface area contributed by atoms with Crippen LogP contribution in [0.2, 0.25) is 0 Å². The van der Waals surface area contributed by atoms with Crippen molar-refractivity contribution in [3.05, 3.63) is 107 Å². The highest BCUT2D eigenvalue weighted by molar-refractivity contribution is 6.52. The SMILES string of the molecule is Cc1ccc(-c2cc(NC3C4=C(OC3(C)C)c3ccccc3C(=O)C4=O)n(-c3ccccc3)n2)cc1. The molecule has 0 bridgehead atoms. The number of aromatic nitrogens is 2. The van der Waals surface area contributed by atoms with E-state index in [4.69, 9.17) is 9.84 Å². The van der Waals surface area contributed by atoms with Crippen LogP contribution in [0.15, 0.2) is 90.5 Å². The Bertz CT molecular complexity index is 1550. The Balaban J connectivity index is 1.48. The van der Waals surface area contributed by atoms with E-state index in [0.29, 0.717) is 28.3 Å². The Labute approximate surface area is 209 Å². The number of nitrogens with one attached hydrogen (secondary N) is 1. The fraction of sp³-hybridized carbons (Fsp3) is 0.167. The summed E-state index contributed by atoms with van der Waals surface area (Å²) in [5.74, 6) is 0.138. The minimum atomic E-state index is -0.784. The van der Waals surface area contributed by atoms with Crippen molar-refractivity contribution in [1.29, 1.82) is 0 Å². The second kappa shape index (κ2) is 8.05. The summed E-state index contributed by atoms with van der Waals surface area (Å²) in [4.78, 5) is 26.3. The number of rotatable bonds is 4. The standard InChI is InChI=1S/C30H25N3O3/c1-18-13-15-19(16-14-18)23-17-24(33(32-23)20-9-5-4-6-10-20)31-29-25-27(35)26(34)21-11-7-8-12-22(21)28(25)36-30(29,2)3/h4-17,29,31H,1-3H3. The number of anilines is 1. The van der Waals surface area contributed by atoms with E-state index in [0.717, 1.165) is 16.9 Å². The number of benzene rings is 3. The molecule has 2 aliphatic rings. The van der Waals surface area contributed by atoms with Gasteiger partial charge in [-0.2, -0.15) is 5.10 Å². The molecule has 1 unspecified atom stereocenters. The molecular weight excluding hydrogens is 450 g/mol. The van der Waals surface area contributed by atoms with Crippen LogP contribution in [0.5, 0.6) is 0 Å². The quantitative estimate of drug-likeness (QED) is 0.388. The molecule has 0 saturated carbocycles. The Kier molecular flexibility index (Phi) is 4.93. The Hall–Kier alpha value is -4.45. The molecule has 0 saturated heterocycles. The zero-order valence-corrected chi connectivity index (χ0v) is 20.3. The number of carbonyl (C=O) groups excluding carboxylic acids is 2. The van der Waals surface area contributed by atoms with Gasteiger partial charge in [0.1, 0.15) is 17.2 Å². The number of hydrogen-bond acceptors (Lipinski definition) is 5. The summed E-state index contributed by atoms with van der Waals surface area (Å²) in [7, 11) is 0. The Morgan fingerprint density at radius 1 is 0.861 bits per heavy atom. The maximum atomic E-state index is 13.3. The second-order valence-corrected chi connectivity index (χ2v) is 9.76. The lowest BCUT2D eigenvalue weighted by atomic mass is 9.83. The molecule has 36 heavy (non-hydrogen) atoms. The van der Waals surface area contributed by atoms with Crippen LogP contribution in [0.25, 0.3) is 22.7 Å². The van der Waals surface area contributed by atoms with Gasteiger partial charge in [-0.05, 0) is 32.9 Å². The zero-order valence-electron chi connectivity index (χ0n) is 20.3. The van der Waals surface area contributed by atoms with Gasteiger partial charge in [-0.15, -0.1) is 0 Å². The minimum absolute atomic E-state index is 0.362. The monoisotopic (exact) mass is 475 g/mol. The van der Waals surface area contributed by atoms with Crippen LogP contribution in [0.1, 0.15) is 35.3 Å². The topological polar surface area (TPSA) is 73.2 Å². The van der Waals surface area contributed by atoms with E-state index >= 15 is 0 Å². The number of nitrogens with zero attached hydrogens (tertiary/aromatic N) is 2. The highest BCUT2D eigenvalue weighted by Crippen LogP contribution is 2.45. The molecular formula is C30H25N3O3. The molecule has 1 aliphatic carbocycles. The first-order valence-electron chi connectivity index (χ1n) is 11.9. The van der Waals surface area contributed by atoms with E-state index in [-0.39, 0.29) is 0 Å². The van der Waals surface area contributed by atoms with Crippen LogP contribution < -0.4 is 5.32 Å². The number of carbonyl (C=O) groups is 2. The fourth-order valence-electron chi connectivity index (χ4n) is 4.92. The molecule has 6 rings (SSSR count). The Morgan fingerprint density at radius 2 is 1.53 bits per heavy atom. The van der Waals surface area contributed by atoms with Gasteiger partial charge in [-0.1, -0.05) is 72.3 Å². The molecule has 0 radical (unpaired) electrons. The molecule has 6 heteroatoms. The number of hydrogen-bond donors (Lipinski definition) is 1. The molecule has 4 aromatic rings. The summed E-state index contributed by atoms with van der Waals surface area (Å²) in [5, 5.41) is 8.41. The van der Waals surface area contributed by atoms with Crippen LogP contribution in [0.3, 0.4) is 0 Å². The molecule has 1 aliphatic heterocycles. The normalized spacial score (nSPS) is 18.0. The Morgan fingerprint density at radius 3 is 2.25 bits per heavy atom. The van der Waals surface area contributed by atoms with Crippen LogP contribution in [0.4, 0.5) is 5.82 Å². The largest absolute Gasteiger partial charge is 0.484 e. The molecule has 3 aromatic carbocycles. The van der Waals surface area contributed by atoms with Crippen LogP contribution in [-0.2, 0) is 9.53 Å². The van der Waals surface area contributed by atoms with Crippen molar-refractivity contribution in [2.45, 2.75) is 32.4 Å². The van der Waals surface area contributed by atoms with E-state index in [1.165, 1.54) is 5.56 Å². The zero-order chi connectivity index (χ0) is 25.0. The molecule has 1 aromatic heterocycles. The van der Waals surface area contributed by atoms with Crippen molar-refractivity contribution in [2.75, 3.05) is 5.32 Å². The van der Waals surface area contributed by atoms with Gasteiger partial charge >= 0.3 is 0 Å². The van der Waals surface area contributed by atoms with Crippen LogP contribution >= 0.6 is 0 Å². The van der Waals surface area contributed by atoms with Crippen molar-refractivity contribution < 1.29 is 14.3 Å². The summed E-state index contributed by atoms with van der Waals surface area (Å²) in [5.41, 5.74) is 4.45. The van der Waals surface area contributed by atoms with Gasteiger partial charge in [0.05, 0.1) is 23.0 Å². The molecule has 0 spiro atoms. The van der Waals surface area contributed by atoms with Gasteiger partial charge in [0.15, 0.2) is 0 Å². The van der Waals surface area contributed by atoms with Crippen LogP contribution in [-0.4, -0.2) is 33.0 Å². The third-order valence-electron chi connectivity index (χ3n) is 6.81. The van der Waals surface area contributed by atoms with Gasteiger partial charge in [-0.3, -0.25) is 9.59 Å². The van der Waals surface area contributed by atoms with E-state index < -0.39 is 23.2 Å². The second-order valence-electron chi connectivity index (χ2n) is 9.76. The maximum Gasteiger partial charge on any atom is 0.235 e. The van der Waals surface area contributed by atoms with E-state index in [1.54, 1.807) is 12.1 Å². The molecule has 1 atom stereocenters. The molecule has 0 amide bonds. The van der Waals surface area contributed by atoms with Crippen LogP contribution in [0, 0.1) is 6.92 Å². The van der Waals surface area contributed by atoms with Gasteiger partial charge in [-0.25, -0.2) is 4.68 Å². The average molecular weight is 476 g/mol. The molecule has 0 fully saturated rings. The van der Waals surface area contributed by atoms with Gasteiger partial charge < -0.3 is 10.1 Å². The third-order valence-corrected chi connectivity index (χ3v) is 6.81. The number of ketones is 2. The highest BCUT2D eigenvalue weighted by atomic mass is 16.5. The minimum Gasteiger partial charge on any atom is -0.484 e. The fourth-order valence-corrected chi connectivity index (χ4v) is 4.92. The number of ether oxygens (including phenoxy) is 1. The third kappa shape index (κ3) is 3.45. The maximum absolute atomic E-state index is 13.3. The van der Waals surface area contributed by atoms with Crippen molar-refractivity contribution in [2.24, 2.45) is 0 Å². The number of Topliss-reactive ketones (excluding diaryl/α,β-unsaturated/α-hetero) is 2. The molecule has 1 N–H and O–H groups in total. The van der Waals surface area contributed by atoms with Crippen molar-refractivity contribution in [3.8, 4) is 16.9 Å². The predicted molar refractivity (Wildman–Crippen MR) is 139 cm³/mol. The van der Waals surface area contributed by atoms with E-state index in [1.807, 2.05) is 86.1 Å². The first-order valence-corrected chi connectivity index (χ1v) is 11.9. The lowest BCUT2D eigenvalue weighted by molar-refractivity contribution is -0.112. The van der Waals surface area contributed by atoms with Crippen molar-refractivity contribution in [3.63, 3.8) is 0 Å². The lowest BCUT2D eigenvalue weighted by Crippen LogP contribution is -2.43. The molecule has 6 nitrogen and oxygen atoms in total. The summed E-state index contributed by atoms with van der Waals surface area (Å²) in [6, 6.07) is 26.5. The highest BCUT2D eigenvalue weighted by Gasteiger charge is 2.51. The predicted octanol–water partition coefficient (Wildman–Crippen LogP) is 5.61. The average Bonchev–Trinajstić information content (AvgIpc) is 3.42. The summed E-state index contributed by atoms with van der Waals surface area (Å²) in [6.07, 6.45) is 0. The van der Waals surface area contributed by atoms with Gasteiger partial charge in [0, 0.05) is 22.8 Å². The summed E-state index contributed by atoms with van der Waals surface area (Å²) in [6.45, 7) is 5.90. The first-order chi connectivity index (χ1) is 17.3. The first kappa shape index (κ1) is 22.0. The number of para-hydroxylation sites is 1. The smallest absolute Gasteiger partial charge is 0.235 e. The summed E-state index contributed by atoms with van der Waals surface area (Å²) >= 11 is 0. The van der Waals surface area contributed by atoms with Crippen molar-refractivity contribution >= 4 is 23.1 Å². The van der Waals surface area contributed by atoms with Gasteiger partial charge in [0.2, 0.25) is 11.6 Å². The van der Waals surface area contributed by atoms with Crippen molar-refractivity contribution in [1.82, 2.24) is 9.78 Å². The molecule has 178 valence electrons.